The minimum Gasteiger partial charge on any atom is -0.397 e. The van der Waals surface area contributed by atoms with Crippen LogP contribution in [0.5, 0.6) is 0 Å². The van der Waals surface area contributed by atoms with Crippen LogP contribution >= 0.6 is 11.6 Å². The second-order valence-electron chi connectivity index (χ2n) is 3.63. The van der Waals surface area contributed by atoms with E-state index in [9.17, 15) is 0 Å². The van der Waals surface area contributed by atoms with Crippen LogP contribution in [-0.2, 0) is 0 Å². The summed E-state index contributed by atoms with van der Waals surface area (Å²) in [5.41, 5.74) is 7.47. The molecular formula is C11H17ClN2. The van der Waals surface area contributed by atoms with Gasteiger partial charge in [0.2, 0.25) is 0 Å². The van der Waals surface area contributed by atoms with Crippen molar-refractivity contribution < 1.29 is 0 Å². The molecule has 1 unspecified atom stereocenters. The number of anilines is 2. The minimum atomic E-state index is 0.647. The van der Waals surface area contributed by atoms with Gasteiger partial charge < -0.3 is 11.1 Å². The van der Waals surface area contributed by atoms with Crippen LogP contribution in [0.2, 0.25) is 5.02 Å². The Balaban J connectivity index is 2.62. The second kappa shape index (κ2) is 5.11. The van der Waals surface area contributed by atoms with Gasteiger partial charge in [0.05, 0.1) is 11.4 Å². The lowest BCUT2D eigenvalue weighted by atomic mass is 10.1. The molecule has 3 N–H and O–H groups in total. The van der Waals surface area contributed by atoms with Crippen molar-refractivity contribution in [3.05, 3.63) is 23.2 Å². The highest BCUT2D eigenvalue weighted by molar-refractivity contribution is 6.31. The smallest absolute Gasteiger partial charge is 0.0588 e. The van der Waals surface area contributed by atoms with E-state index in [1.54, 1.807) is 6.07 Å². The number of nitrogens with two attached hydrogens (primary N) is 1. The van der Waals surface area contributed by atoms with E-state index in [1.165, 1.54) is 0 Å². The summed E-state index contributed by atoms with van der Waals surface area (Å²) in [5, 5.41) is 4.01. The molecule has 1 aromatic rings. The quantitative estimate of drug-likeness (QED) is 0.751. The molecule has 78 valence electrons. The third kappa shape index (κ3) is 3.11. The maximum Gasteiger partial charge on any atom is 0.0588 e. The van der Waals surface area contributed by atoms with E-state index in [2.05, 4.69) is 19.2 Å². The fourth-order valence-corrected chi connectivity index (χ4v) is 1.28. The third-order valence-electron chi connectivity index (χ3n) is 2.35. The van der Waals surface area contributed by atoms with Gasteiger partial charge in [-0.25, -0.2) is 0 Å². The van der Waals surface area contributed by atoms with Crippen LogP contribution in [0, 0.1) is 5.92 Å². The van der Waals surface area contributed by atoms with Gasteiger partial charge in [-0.05, 0) is 24.1 Å². The zero-order chi connectivity index (χ0) is 10.6. The zero-order valence-electron chi connectivity index (χ0n) is 8.68. The lowest BCUT2D eigenvalue weighted by molar-refractivity contribution is 0.593. The summed E-state index contributed by atoms with van der Waals surface area (Å²) >= 11 is 5.87. The lowest BCUT2D eigenvalue weighted by Gasteiger charge is -2.13. The molecule has 3 heteroatoms. The van der Waals surface area contributed by atoms with Crippen LogP contribution in [-0.4, -0.2) is 6.54 Å². The van der Waals surface area contributed by atoms with Gasteiger partial charge in [0.25, 0.3) is 0 Å². The number of rotatable bonds is 4. The molecule has 2 nitrogen and oxygen atoms in total. The molecule has 1 atom stereocenters. The number of nitrogen functional groups attached to an aromatic ring is 1. The summed E-state index contributed by atoms with van der Waals surface area (Å²) in [7, 11) is 0. The molecule has 0 saturated heterocycles. The Labute approximate surface area is 90.4 Å². The van der Waals surface area contributed by atoms with Gasteiger partial charge in [-0.15, -0.1) is 0 Å². The van der Waals surface area contributed by atoms with Crippen molar-refractivity contribution in [3.8, 4) is 0 Å². The molecule has 14 heavy (non-hydrogen) atoms. The second-order valence-corrected chi connectivity index (χ2v) is 4.06. The van der Waals surface area contributed by atoms with Gasteiger partial charge in [-0.3, -0.25) is 0 Å². The van der Waals surface area contributed by atoms with Crippen LogP contribution in [0.1, 0.15) is 20.3 Å². The van der Waals surface area contributed by atoms with Crippen molar-refractivity contribution in [1.29, 1.82) is 0 Å². The summed E-state index contributed by atoms with van der Waals surface area (Å²) < 4.78 is 0. The normalized spacial score (nSPS) is 12.5. The highest BCUT2D eigenvalue weighted by Gasteiger charge is 2.02. The van der Waals surface area contributed by atoms with E-state index in [0.717, 1.165) is 24.3 Å². The van der Waals surface area contributed by atoms with Crippen LogP contribution in [0.25, 0.3) is 0 Å². The summed E-state index contributed by atoms with van der Waals surface area (Å²) in [6, 6.07) is 5.48. The van der Waals surface area contributed by atoms with Gasteiger partial charge in [-0.2, -0.15) is 0 Å². The van der Waals surface area contributed by atoms with Crippen LogP contribution < -0.4 is 11.1 Å². The number of hydrogen-bond acceptors (Lipinski definition) is 2. The number of benzene rings is 1. The van der Waals surface area contributed by atoms with Crippen molar-refractivity contribution >= 4 is 23.0 Å². The van der Waals surface area contributed by atoms with Crippen molar-refractivity contribution in [1.82, 2.24) is 0 Å². The van der Waals surface area contributed by atoms with Gasteiger partial charge >= 0.3 is 0 Å². The number of hydrogen-bond donors (Lipinski definition) is 2. The van der Waals surface area contributed by atoms with Gasteiger partial charge in [-0.1, -0.05) is 31.9 Å². The highest BCUT2D eigenvalue weighted by Crippen LogP contribution is 2.23. The van der Waals surface area contributed by atoms with E-state index in [-0.39, 0.29) is 0 Å². The Hall–Kier alpha value is -0.890. The topological polar surface area (TPSA) is 38.0 Å². The SMILES string of the molecule is CCC(C)CNc1cc(Cl)ccc1N. The van der Waals surface area contributed by atoms with Gasteiger partial charge in [0.15, 0.2) is 0 Å². The highest BCUT2D eigenvalue weighted by atomic mass is 35.5. The van der Waals surface area contributed by atoms with Gasteiger partial charge in [0, 0.05) is 11.6 Å². The summed E-state index contributed by atoms with van der Waals surface area (Å²) in [4.78, 5) is 0. The van der Waals surface area contributed by atoms with Crippen LogP contribution in [0.3, 0.4) is 0 Å². The molecule has 0 aromatic heterocycles. The molecule has 0 amide bonds. The maximum atomic E-state index is 5.87. The first-order valence-corrected chi connectivity index (χ1v) is 5.30. The Bertz CT molecular complexity index is 299. The average Bonchev–Trinajstić information content (AvgIpc) is 2.19. The predicted octanol–water partition coefficient (Wildman–Crippen LogP) is 3.38. The fraction of sp³-hybridized carbons (Fsp3) is 0.455. The molecule has 0 bridgehead atoms. The monoisotopic (exact) mass is 212 g/mol. The minimum absolute atomic E-state index is 0.647. The molecule has 0 aliphatic heterocycles. The summed E-state index contributed by atoms with van der Waals surface area (Å²) in [6.45, 7) is 5.31. The summed E-state index contributed by atoms with van der Waals surface area (Å²) in [5.74, 6) is 0.647. The van der Waals surface area contributed by atoms with E-state index < -0.39 is 0 Å². The van der Waals surface area contributed by atoms with E-state index in [1.807, 2.05) is 12.1 Å². The largest absolute Gasteiger partial charge is 0.397 e. The number of halogens is 1. The molecule has 0 heterocycles. The van der Waals surface area contributed by atoms with E-state index in [0.29, 0.717) is 10.9 Å². The maximum absolute atomic E-state index is 5.87. The standard InChI is InChI=1S/C11H17ClN2/c1-3-8(2)7-14-11-6-9(12)4-5-10(11)13/h4-6,8,14H,3,7,13H2,1-2H3. The molecule has 0 radical (unpaired) electrons. The van der Waals surface area contributed by atoms with Crippen molar-refractivity contribution in [2.75, 3.05) is 17.6 Å². The molecule has 0 spiro atoms. The third-order valence-corrected chi connectivity index (χ3v) is 2.59. The first kappa shape index (κ1) is 11.2. The van der Waals surface area contributed by atoms with Gasteiger partial charge in [0.1, 0.15) is 0 Å². The van der Waals surface area contributed by atoms with Crippen molar-refractivity contribution in [3.63, 3.8) is 0 Å². The average molecular weight is 213 g/mol. The lowest BCUT2D eigenvalue weighted by Crippen LogP contribution is -2.11. The Morgan fingerprint density at radius 3 is 2.86 bits per heavy atom. The van der Waals surface area contributed by atoms with Crippen molar-refractivity contribution in [2.45, 2.75) is 20.3 Å². The molecule has 1 rings (SSSR count). The van der Waals surface area contributed by atoms with Crippen LogP contribution in [0.4, 0.5) is 11.4 Å². The Morgan fingerprint density at radius 2 is 2.21 bits per heavy atom. The molecule has 0 saturated carbocycles. The first-order valence-electron chi connectivity index (χ1n) is 4.92. The molecule has 0 aliphatic carbocycles. The molecule has 0 fully saturated rings. The van der Waals surface area contributed by atoms with E-state index >= 15 is 0 Å². The zero-order valence-corrected chi connectivity index (χ0v) is 9.43. The van der Waals surface area contributed by atoms with Crippen molar-refractivity contribution in [2.24, 2.45) is 5.92 Å². The summed E-state index contributed by atoms with van der Waals surface area (Å²) in [6.07, 6.45) is 1.16. The fourth-order valence-electron chi connectivity index (χ4n) is 1.11. The first-order chi connectivity index (χ1) is 6.63. The molecule has 1 aromatic carbocycles. The molecular weight excluding hydrogens is 196 g/mol. The van der Waals surface area contributed by atoms with E-state index in [4.69, 9.17) is 17.3 Å². The number of nitrogens with one attached hydrogen (secondary N) is 1. The Morgan fingerprint density at radius 1 is 1.50 bits per heavy atom. The predicted molar refractivity (Wildman–Crippen MR) is 63.8 cm³/mol. The Kier molecular flexibility index (Phi) is 4.08. The van der Waals surface area contributed by atoms with Crippen LogP contribution in [0.15, 0.2) is 18.2 Å². The molecule has 0 aliphatic rings.